The van der Waals surface area contributed by atoms with Crippen LogP contribution in [0, 0.1) is 0 Å². The largest absolute Gasteiger partial charge is 0.493 e. The molecule has 2 aromatic carbocycles. The van der Waals surface area contributed by atoms with Gasteiger partial charge in [-0.25, -0.2) is 0 Å². The van der Waals surface area contributed by atoms with Crippen molar-refractivity contribution in [2.24, 2.45) is 0 Å². The van der Waals surface area contributed by atoms with Crippen molar-refractivity contribution in [2.75, 3.05) is 49.2 Å². The third-order valence-electron chi connectivity index (χ3n) is 6.52. The van der Waals surface area contributed by atoms with Crippen molar-refractivity contribution in [1.82, 2.24) is 9.47 Å². The molecule has 0 amide bonds. The predicted molar refractivity (Wildman–Crippen MR) is 133 cm³/mol. The molecular formula is C27H34N2O6. The Morgan fingerprint density at radius 1 is 0.714 bits per heavy atom. The monoisotopic (exact) mass is 482 g/mol. The number of benzene rings is 2. The highest BCUT2D eigenvalue weighted by molar-refractivity contribution is 5.57. The van der Waals surface area contributed by atoms with Crippen LogP contribution in [0.25, 0.3) is 0 Å². The zero-order valence-electron chi connectivity index (χ0n) is 21.3. The molecule has 3 aromatic rings. The molecule has 188 valence electrons. The van der Waals surface area contributed by atoms with Crippen LogP contribution < -0.4 is 28.4 Å². The molecule has 0 bridgehead atoms. The standard InChI is InChI=1S/C27H34N2O6/c1-30-21-11-10-18(25(33-4)27(21)35-6)17-29-14-8-13-28-12-7-9-20(28)24(29)19-15-22(31-2)26(34-5)23(16-19)32-3/h7,9-12,15-16,24H,8,13-14,17H2,1-6H3. The van der Waals surface area contributed by atoms with Gasteiger partial charge in [-0.05, 0) is 42.3 Å². The average molecular weight is 483 g/mol. The third kappa shape index (κ3) is 4.58. The first-order chi connectivity index (χ1) is 17.1. The maximum Gasteiger partial charge on any atom is 0.203 e. The number of rotatable bonds is 9. The molecule has 1 aliphatic rings. The number of ether oxygens (including phenoxy) is 6. The first-order valence-corrected chi connectivity index (χ1v) is 11.6. The summed E-state index contributed by atoms with van der Waals surface area (Å²) in [5, 5.41) is 0. The van der Waals surface area contributed by atoms with Crippen LogP contribution in [-0.4, -0.2) is 58.7 Å². The van der Waals surface area contributed by atoms with Gasteiger partial charge in [0.05, 0.1) is 48.7 Å². The summed E-state index contributed by atoms with van der Waals surface area (Å²) in [6, 6.07) is 12.3. The van der Waals surface area contributed by atoms with Crippen LogP contribution >= 0.6 is 0 Å². The second kappa shape index (κ2) is 10.8. The van der Waals surface area contributed by atoms with Gasteiger partial charge in [-0.2, -0.15) is 0 Å². The Kier molecular flexibility index (Phi) is 7.60. The molecule has 0 radical (unpaired) electrons. The van der Waals surface area contributed by atoms with E-state index in [2.05, 4.69) is 27.8 Å². The molecule has 8 nitrogen and oxygen atoms in total. The summed E-state index contributed by atoms with van der Waals surface area (Å²) in [5.74, 6) is 3.75. The minimum Gasteiger partial charge on any atom is -0.493 e. The summed E-state index contributed by atoms with van der Waals surface area (Å²) in [5.41, 5.74) is 3.28. The molecule has 1 unspecified atom stereocenters. The molecule has 1 aliphatic heterocycles. The molecule has 0 N–H and O–H groups in total. The molecule has 2 heterocycles. The van der Waals surface area contributed by atoms with Gasteiger partial charge >= 0.3 is 0 Å². The van der Waals surface area contributed by atoms with Crippen molar-refractivity contribution in [3.05, 3.63) is 59.4 Å². The molecule has 35 heavy (non-hydrogen) atoms. The van der Waals surface area contributed by atoms with E-state index in [1.807, 2.05) is 24.3 Å². The molecule has 0 saturated carbocycles. The Labute approximate surface area is 206 Å². The fraction of sp³-hybridized carbons (Fsp3) is 0.407. The summed E-state index contributed by atoms with van der Waals surface area (Å²) in [6.45, 7) is 2.49. The van der Waals surface area contributed by atoms with Gasteiger partial charge in [0.1, 0.15) is 0 Å². The van der Waals surface area contributed by atoms with Gasteiger partial charge in [-0.1, -0.05) is 6.07 Å². The van der Waals surface area contributed by atoms with E-state index >= 15 is 0 Å². The van der Waals surface area contributed by atoms with Gasteiger partial charge in [0.25, 0.3) is 0 Å². The summed E-state index contributed by atoms with van der Waals surface area (Å²) < 4.78 is 36.1. The highest BCUT2D eigenvalue weighted by Crippen LogP contribution is 2.45. The van der Waals surface area contributed by atoms with Gasteiger partial charge in [-0.15, -0.1) is 0 Å². The van der Waals surface area contributed by atoms with Gasteiger partial charge in [-0.3, -0.25) is 4.90 Å². The topological polar surface area (TPSA) is 63.6 Å². The molecule has 0 fully saturated rings. The Morgan fingerprint density at radius 2 is 1.37 bits per heavy atom. The van der Waals surface area contributed by atoms with Crippen LogP contribution in [0.2, 0.25) is 0 Å². The van der Waals surface area contributed by atoms with E-state index in [9.17, 15) is 0 Å². The normalized spacial score (nSPS) is 15.7. The van der Waals surface area contributed by atoms with Gasteiger partial charge in [0, 0.05) is 37.1 Å². The zero-order valence-corrected chi connectivity index (χ0v) is 21.3. The van der Waals surface area contributed by atoms with E-state index in [1.54, 1.807) is 42.7 Å². The van der Waals surface area contributed by atoms with Gasteiger partial charge in [0.2, 0.25) is 11.5 Å². The minimum atomic E-state index is -0.0426. The number of nitrogens with zero attached hydrogens (tertiary/aromatic N) is 2. The van der Waals surface area contributed by atoms with E-state index in [0.29, 0.717) is 41.0 Å². The van der Waals surface area contributed by atoms with Crippen LogP contribution in [0.4, 0.5) is 0 Å². The zero-order chi connectivity index (χ0) is 24.9. The molecule has 8 heteroatoms. The number of aryl methyl sites for hydroxylation is 1. The van der Waals surface area contributed by atoms with Crippen LogP contribution in [0.5, 0.6) is 34.5 Å². The van der Waals surface area contributed by atoms with Crippen LogP contribution in [0.1, 0.15) is 29.3 Å². The smallest absolute Gasteiger partial charge is 0.203 e. The van der Waals surface area contributed by atoms with Crippen LogP contribution in [0.15, 0.2) is 42.6 Å². The lowest BCUT2D eigenvalue weighted by Crippen LogP contribution is -2.29. The van der Waals surface area contributed by atoms with Crippen LogP contribution in [-0.2, 0) is 13.1 Å². The van der Waals surface area contributed by atoms with Crippen molar-refractivity contribution in [2.45, 2.75) is 25.6 Å². The van der Waals surface area contributed by atoms with E-state index in [1.165, 1.54) is 5.69 Å². The van der Waals surface area contributed by atoms with Crippen molar-refractivity contribution >= 4 is 0 Å². The second-order valence-corrected chi connectivity index (χ2v) is 8.31. The summed E-state index contributed by atoms with van der Waals surface area (Å²) in [7, 11) is 9.81. The highest BCUT2D eigenvalue weighted by Gasteiger charge is 2.31. The number of hydrogen-bond acceptors (Lipinski definition) is 7. The maximum atomic E-state index is 5.79. The Hall–Kier alpha value is -3.52. The average Bonchev–Trinajstić information content (AvgIpc) is 3.28. The Bertz CT molecular complexity index is 1130. The minimum absolute atomic E-state index is 0.0426. The Morgan fingerprint density at radius 3 is 1.97 bits per heavy atom. The van der Waals surface area contributed by atoms with E-state index < -0.39 is 0 Å². The third-order valence-corrected chi connectivity index (χ3v) is 6.52. The lowest BCUT2D eigenvalue weighted by Gasteiger charge is -2.32. The van der Waals surface area contributed by atoms with Crippen molar-refractivity contribution < 1.29 is 28.4 Å². The fourth-order valence-corrected chi connectivity index (χ4v) is 4.96. The van der Waals surface area contributed by atoms with Crippen molar-refractivity contribution in [1.29, 1.82) is 0 Å². The quantitative estimate of drug-likeness (QED) is 0.444. The molecular weight excluding hydrogens is 448 g/mol. The SMILES string of the molecule is COc1cc(C2c3cccn3CCCN2Cc2ccc(OC)c(OC)c2OC)cc(OC)c1OC. The van der Waals surface area contributed by atoms with Crippen molar-refractivity contribution in [3.63, 3.8) is 0 Å². The van der Waals surface area contributed by atoms with Crippen LogP contribution in [0.3, 0.4) is 0 Å². The molecule has 0 aliphatic carbocycles. The van der Waals surface area contributed by atoms with Gasteiger partial charge in [0.15, 0.2) is 23.0 Å². The van der Waals surface area contributed by atoms with E-state index in [4.69, 9.17) is 28.4 Å². The molecule has 1 aromatic heterocycles. The first kappa shape index (κ1) is 24.6. The number of aromatic nitrogens is 1. The summed E-state index contributed by atoms with van der Waals surface area (Å²) >= 11 is 0. The molecule has 1 atom stereocenters. The summed E-state index contributed by atoms with van der Waals surface area (Å²) in [6.07, 6.45) is 3.15. The number of hydrogen-bond donors (Lipinski definition) is 0. The van der Waals surface area contributed by atoms with Gasteiger partial charge < -0.3 is 33.0 Å². The van der Waals surface area contributed by atoms with E-state index in [0.717, 1.165) is 30.6 Å². The van der Waals surface area contributed by atoms with Crippen molar-refractivity contribution in [3.8, 4) is 34.5 Å². The predicted octanol–water partition coefficient (Wildman–Crippen LogP) is 4.54. The lowest BCUT2D eigenvalue weighted by atomic mass is 9.99. The highest BCUT2D eigenvalue weighted by atomic mass is 16.5. The maximum absolute atomic E-state index is 5.79. The molecule has 0 spiro atoms. The Balaban J connectivity index is 1.84. The lowest BCUT2D eigenvalue weighted by molar-refractivity contribution is 0.215. The molecule has 0 saturated heterocycles. The van der Waals surface area contributed by atoms with E-state index in [-0.39, 0.29) is 6.04 Å². The second-order valence-electron chi connectivity index (χ2n) is 8.31. The fourth-order valence-electron chi connectivity index (χ4n) is 4.96. The summed E-state index contributed by atoms with van der Waals surface area (Å²) in [4.78, 5) is 2.45. The number of fused-ring (bicyclic) bond motifs is 1. The number of methoxy groups -OCH3 is 6. The first-order valence-electron chi connectivity index (χ1n) is 11.6. The molecule has 4 rings (SSSR count).